The molecule has 0 aromatic heterocycles. The Hall–Kier alpha value is -3.80. The van der Waals surface area contributed by atoms with Crippen LogP contribution in [0.4, 0.5) is 5.69 Å². The molecule has 1 fully saturated rings. The minimum absolute atomic E-state index is 0.317. The number of nitrogens with one attached hydrogen (secondary N) is 1. The van der Waals surface area contributed by atoms with Crippen LogP contribution >= 0.6 is 0 Å². The topological polar surface area (TPSA) is 79.0 Å². The summed E-state index contributed by atoms with van der Waals surface area (Å²) in [5.74, 6) is 6.84. The van der Waals surface area contributed by atoms with Gasteiger partial charge in [0.15, 0.2) is 0 Å². The number of amides is 1. The summed E-state index contributed by atoms with van der Waals surface area (Å²) in [5, 5.41) is 0. The van der Waals surface area contributed by atoms with Gasteiger partial charge in [-0.25, -0.2) is 13.1 Å². The summed E-state index contributed by atoms with van der Waals surface area (Å²) < 4.78 is 31.3. The maximum absolute atomic E-state index is 12.5. The monoisotopic (exact) mass is 559 g/mol. The molecule has 1 heterocycles. The van der Waals surface area contributed by atoms with Crippen molar-refractivity contribution >= 4 is 21.6 Å². The minimum Gasteiger partial charge on any atom is -0.494 e. The van der Waals surface area contributed by atoms with Crippen LogP contribution in [0.2, 0.25) is 0 Å². The number of rotatable bonds is 7. The van der Waals surface area contributed by atoms with Crippen LogP contribution in [-0.2, 0) is 16.6 Å². The third-order valence-corrected chi connectivity index (χ3v) is 8.86. The van der Waals surface area contributed by atoms with Gasteiger partial charge in [-0.3, -0.25) is 9.69 Å². The third kappa shape index (κ3) is 7.44. The first kappa shape index (κ1) is 29.2. The zero-order valence-electron chi connectivity index (χ0n) is 23.6. The fourth-order valence-electron chi connectivity index (χ4n) is 4.31. The van der Waals surface area contributed by atoms with Gasteiger partial charge in [0, 0.05) is 55.1 Å². The molecule has 1 saturated heterocycles. The number of piperazine rings is 1. The van der Waals surface area contributed by atoms with Crippen LogP contribution < -0.4 is 14.4 Å². The average Bonchev–Trinajstić information content (AvgIpc) is 2.93. The lowest BCUT2D eigenvalue weighted by atomic mass is 10.1. The predicted octanol–water partition coefficient (Wildman–Crippen LogP) is 4.67. The number of hydrogen-bond donors (Lipinski definition) is 1. The van der Waals surface area contributed by atoms with Crippen molar-refractivity contribution in [1.29, 1.82) is 0 Å². The number of benzene rings is 3. The third-order valence-electron chi connectivity index (χ3n) is 6.80. The Morgan fingerprint density at radius 2 is 1.62 bits per heavy atom. The molecule has 7 nitrogen and oxygen atoms in total. The highest BCUT2D eigenvalue weighted by atomic mass is 32.2. The number of carbonyl (C=O) groups excluding carboxylic acids is 1. The summed E-state index contributed by atoms with van der Waals surface area (Å²) in [6, 6.07) is 23.2. The van der Waals surface area contributed by atoms with Gasteiger partial charge >= 0.3 is 0 Å². The predicted molar refractivity (Wildman–Crippen MR) is 160 cm³/mol. The number of nitrogens with zero attached hydrogens (tertiary/aromatic N) is 2. The Balaban J connectivity index is 1.35. The van der Waals surface area contributed by atoms with Crippen LogP contribution in [0.1, 0.15) is 54.7 Å². The summed E-state index contributed by atoms with van der Waals surface area (Å²) in [6.45, 7) is 11.6. The van der Waals surface area contributed by atoms with E-state index >= 15 is 0 Å². The van der Waals surface area contributed by atoms with Gasteiger partial charge in [-0.2, -0.15) is 0 Å². The van der Waals surface area contributed by atoms with Crippen molar-refractivity contribution in [1.82, 2.24) is 9.62 Å². The number of ether oxygens (including phenoxy) is 1. The summed E-state index contributed by atoms with van der Waals surface area (Å²) in [5.41, 5.74) is 4.47. The SMILES string of the molecule is CCOc1cccc(C#Cc2ccccc2CN2CCN(c3ccc(C(=O)NS(=O)(=O)C(C)(C)C)cc3)CC2)c1. The van der Waals surface area contributed by atoms with Gasteiger partial charge in [0.1, 0.15) is 5.75 Å². The fraction of sp³-hybridized carbons (Fsp3) is 0.344. The highest BCUT2D eigenvalue weighted by molar-refractivity contribution is 7.91. The van der Waals surface area contributed by atoms with Gasteiger partial charge in [-0.1, -0.05) is 36.1 Å². The molecule has 4 rings (SSSR count). The van der Waals surface area contributed by atoms with Gasteiger partial charge < -0.3 is 9.64 Å². The van der Waals surface area contributed by atoms with E-state index in [9.17, 15) is 13.2 Å². The first-order valence-corrected chi connectivity index (χ1v) is 15.0. The van der Waals surface area contributed by atoms with Crippen LogP contribution in [0.25, 0.3) is 0 Å². The lowest BCUT2D eigenvalue weighted by Crippen LogP contribution is -2.46. The standard InChI is InChI=1S/C32H37N3O4S/c1-5-39-30-12-8-9-25(23-30)13-14-26-10-6-7-11-28(26)24-34-19-21-35(22-20-34)29-17-15-27(16-18-29)31(36)33-40(37,38)32(2,3)4/h6-12,15-18,23H,5,19-22,24H2,1-4H3,(H,33,36). The van der Waals surface area contributed by atoms with Crippen LogP contribution in [0, 0.1) is 11.8 Å². The van der Waals surface area contributed by atoms with E-state index in [0.29, 0.717) is 12.2 Å². The lowest BCUT2D eigenvalue weighted by Gasteiger charge is -2.36. The number of sulfonamides is 1. The van der Waals surface area contributed by atoms with Gasteiger partial charge in [0.25, 0.3) is 5.91 Å². The van der Waals surface area contributed by atoms with Crippen molar-refractivity contribution < 1.29 is 17.9 Å². The maximum Gasteiger partial charge on any atom is 0.264 e. The van der Waals surface area contributed by atoms with Crippen molar-refractivity contribution in [2.24, 2.45) is 0 Å². The summed E-state index contributed by atoms with van der Waals surface area (Å²) in [6.07, 6.45) is 0. The molecule has 3 aromatic carbocycles. The second-order valence-corrected chi connectivity index (χ2v) is 13.2. The Morgan fingerprint density at radius 3 is 2.30 bits per heavy atom. The van der Waals surface area contributed by atoms with Gasteiger partial charge in [0.2, 0.25) is 10.0 Å². The molecule has 3 aromatic rings. The molecule has 0 atom stereocenters. The van der Waals surface area contributed by atoms with Crippen LogP contribution in [-0.4, -0.2) is 56.8 Å². The van der Waals surface area contributed by atoms with Gasteiger partial charge in [-0.15, -0.1) is 0 Å². The Kier molecular flexibility index (Phi) is 9.18. The molecule has 1 aliphatic heterocycles. The summed E-state index contributed by atoms with van der Waals surface area (Å²) in [7, 11) is -3.76. The van der Waals surface area contributed by atoms with E-state index in [1.807, 2.05) is 49.4 Å². The van der Waals surface area contributed by atoms with Crippen molar-refractivity contribution in [2.45, 2.75) is 39.0 Å². The molecular weight excluding hydrogens is 522 g/mol. The normalized spacial score (nSPS) is 14.2. The van der Waals surface area contributed by atoms with E-state index in [-0.39, 0.29) is 0 Å². The van der Waals surface area contributed by atoms with E-state index in [1.165, 1.54) is 5.56 Å². The molecule has 0 aliphatic carbocycles. The van der Waals surface area contributed by atoms with E-state index in [2.05, 4.69) is 44.6 Å². The van der Waals surface area contributed by atoms with Crippen LogP contribution in [0.5, 0.6) is 5.75 Å². The largest absolute Gasteiger partial charge is 0.494 e. The first-order chi connectivity index (χ1) is 19.1. The van der Waals surface area contributed by atoms with E-state index in [1.54, 1.807) is 32.9 Å². The second kappa shape index (κ2) is 12.6. The number of carbonyl (C=O) groups is 1. The zero-order chi connectivity index (χ0) is 28.8. The van der Waals surface area contributed by atoms with Crippen LogP contribution in [0.3, 0.4) is 0 Å². The van der Waals surface area contributed by atoms with Crippen molar-refractivity contribution in [3.63, 3.8) is 0 Å². The molecule has 1 aliphatic rings. The minimum atomic E-state index is -3.76. The Labute approximate surface area is 238 Å². The molecule has 40 heavy (non-hydrogen) atoms. The van der Waals surface area contributed by atoms with Gasteiger partial charge in [0.05, 0.1) is 11.4 Å². The Bertz CT molecular complexity index is 1490. The molecular formula is C32H37N3O4S. The fourth-order valence-corrected chi connectivity index (χ4v) is 4.98. The van der Waals surface area contributed by atoms with Crippen molar-refractivity contribution in [3.8, 4) is 17.6 Å². The zero-order valence-corrected chi connectivity index (χ0v) is 24.4. The molecule has 0 unspecified atom stereocenters. The average molecular weight is 560 g/mol. The molecule has 0 saturated carbocycles. The van der Waals surface area contributed by atoms with Crippen molar-refractivity contribution in [2.75, 3.05) is 37.7 Å². The molecule has 0 radical (unpaired) electrons. The van der Waals surface area contributed by atoms with E-state index < -0.39 is 20.7 Å². The summed E-state index contributed by atoms with van der Waals surface area (Å²) >= 11 is 0. The number of hydrogen-bond acceptors (Lipinski definition) is 6. The van der Waals surface area contributed by atoms with Crippen LogP contribution in [0.15, 0.2) is 72.8 Å². The van der Waals surface area contributed by atoms with E-state index in [0.717, 1.165) is 55.3 Å². The summed E-state index contributed by atoms with van der Waals surface area (Å²) in [4.78, 5) is 17.2. The second-order valence-electron chi connectivity index (χ2n) is 10.7. The molecule has 0 bridgehead atoms. The molecule has 1 amide bonds. The van der Waals surface area contributed by atoms with E-state index in [4.69, 9.17) is 4.74 Å². The Morgan fingerprint density at radius 1 is 0.925 bits per heavy atom. The quantitative estimate of drug-likeness (QED) is 0.424. The smallest absolute Gasteiger partial charge is 0.264 e. The highest BCUT2D eigenvalue weighted by Gasteiger charge is 2.31. The lowest BCUT2D eigenvalue weighted by molar-refractivity contribution is 0.0980. The maximum atomic E-state index is 12.5. The highest BCUT2D eigenvalue weighted by Crippen LogP contribution is 2.20. The van der Waals surface area contributed by atoms with Crippen molar-refractivity contribution in [3.05, 3.63) is 95.1 Å². The molecule has 210 valence electrons. The first-order valence-electron chi connectivity index (χ1n) is 13.5. The number of anilines is 1. The van der Waals surface area contributed by atoms with Gasteiger partial charge in [-0.05, 0) is 81.8 Å². The molecule has 1 N–H and O–H groups in total. The molecule has 8 heteroatoms. The molecule has 0 spiro atoms.